The molecular formula is C23H24N2O. The molecule has 3 nitrogen and oxygen atoms in total. The summed E-state index contributed by atoms with van der Waals surface area (Å²) in [5.74, 6) is 0.764. The highest BCUT2D eigenvalue weighted by Crippen LogP contribution is 2.29. The number of para-hydroxylation sites is 1. The van der Waals surface area contributed by atoms with Gasteiger partial charge in [-0.3, -0.25) is 4.79 Å². The third kappa shape index (κ3) is 3.68. The number of fused-ring (bicyclic) bond motifs is 1. The van der Waals surface area contributed by atoms with Crippen LogP contribution in [0, 0.1) is 5.92 Å². The fourth-order valence-electron chi connectivity index (χ4n) is 3.81. The number of rotatable bonds is 5. The first-order valence-corrected chi connectivity index (χ1v) is 9.50. The average molecular weight is 344 g/mol. The van der Waals surface area contributed by atoms with E-state index in [1.165, 1.54) is 12.8 Å². The second kappa shape index (κ2) is 7.79. The number of benzene rings is 2. The highest BCUT2D eigenvalue weighted by Gasteiger charge is 2.17. The summed E-state index contributed by atoms with van der Waals surface area (Å²) in [5, 5.41) is 4.52. The number of nitrogens with zero attached hydrogens (tertiary/aromatic N) is 1. The molecule has 0 radical (unpaired) electrons. The van der Waals surface area contributed by atoms with E-state index in [1.54, 1.807) is 0 Å². The van der Waals surface area contributed by atoms with Gasteiger partial charge in [-0.1, -0.05) is 48.5 Å². The molecule has 1 unspecified atom stereocenters. The zero-order valence-electron chi connectivity index (χ0n) is 14.9. The lowest BCUT2D eigenvalue weighted by atomic mass is 9.92. The third-order valence-corrected chi connectivity index (χ3v) is 5.27. The van der Waals surface area contributed by atoms with Gasteiger partial charge in [0.15, 0.2) is 5.78 Å². The summed E-state index contributed by atoms with van der Waals surface area (Å²) in [6, 6.07) is 20.3. The summed E-state index contributed by atoms with van der Waals surface area (Å²) in [6.07, 6.45) is 3.96. The van der Waals surface area contributed by atoms with E-state index in [2.05, 4.69) is 28.5 Å². The topological polar surface area (TPSA) is 42.0 Å². The maximum atomic E-state index is 12.8. The maximum Gasteiger partial charge on any atom is 0.181 e. The van der Waals surface area contributed by atoms with Crippen molar-refractivity contribution in [3.8, 4) is 11.1 Å². The maximum absolute atomic E-state index is 12.8. The van der Waals surface area contributed by atoms with E-state index in [-0.39, 0.29) is 5.78 Å². The van der Waals surface area contributed by atoms with Gasteiger partial charge in [-0.2, -0.15) is 0 Å². The van der Waals surface area contributed by atoms with Crippen LogP contribution in [0.15, 0.2) is 60.7 Å². The van der Waals surface area contributed by atoms with Crippen molar-refractivity contribution in [2.45, 2.75) is 25.7 Å². The zero-order valence-corrected chi connectivity index (χ0v) is 14.9. The Balaban J connectivity index is 1.63. The van der Waals surface area contributed by atoms with Gasteiger partial charge in [0.1, 0.15) is 5.69 Å². The number of carbonyl (C=O) groups is 1. The van der Waals surface area contributed by atoms with Gasteiger partial charge in [0.05, 0.1) is 5.52 Å². The lowest BCUT2D eigenvalue weighted by Crippen LogP contribution is -2.30. The van der Waals surface area contributed by atoms with Gasteiger partial charge >= 0.3 is 0 Å². The van der Waals surface area contributed by atoms with Crippen LogP contribution in [0.5, 0.6) is 0 Å². The Morgan fingerprint density at radius 3 is 2.69 bits per heavy atom. The normalized spacial score (nSPS) is 17.3. The lowest BCUT2D eigenvalue weighted by molar-refractivity contribution is 0.0967. The number of piperidine rings is 1. The predicted molar refractivity (Wildman–Crippen MR) is 106 cm³/mol. The molecule has 0 saturated carbocycles. The van der Waals surface area contributed by atoms with E-state index in [9.17, 15) is 4.79 Å². The van der Waals surface area contributed by atoms with Crippen LogP contribution in [0.4, 0.5) is 0 Å². The van der Waals surface area contributed by atoms with Crippen molar-refractivity contribution >= 4 is 16.7 Å². The monoisotopic (exact) mass is 344 g/mol. The molecule has 26 heavy (non-hydrogen) atoms. The van der Waals surface area contributed by atoms with Gasteiger partial charge in [-0.05, 0) is 61.5 Å². The summed E-state index contributed by atoms with van der Waals surface area (Å²) >= 11 is 0. The molecule has 1 saturated heterocycles. The molecule has 1 atom stereocenters. The van der Waals surface area contributed by atoms with Crippen LogP contribution >= 0.6 is 0 Å². The van der Waals surface area contributed by atoms with E-state index in [0.717, 1.165) is 41.5 Å². The predicted octanol–water partition coefficient (Wildman–Crippen LogP) is 4.86. The second-order valence-corrected chi connectivity index (χ2v) is 7.11. The molecule has 1 fully saturated rings. The smallest absolute Gasteiger partial charge is 0.181 e. The van der Waals surface area contributed by atoms with E-state index in [1.807, 2.05) is 42.5 Å². The number of nitrogens with one attached hydrogen (secondary N) is 1. The molecule has 0 spiro atoms. The van der Waals surface area contributed by atoms with Crippen molar-refractivity contribution in [1.82, 2.24) is 10.3 Å². The molecule has 4 rings (SSSR count). The Morgan fingerprint density at radius 1 is 1.08 bits per heavy atom. The van der Waals surface area contributed by atoms with Gasteiger partial charge in [-0.25, -0.2) is 4.98 Å². The molecule has 0 bridgehead atoms. The molecule has 0 amide bonds. The minimum atomic E-state index is 0.151. The van der Waals surface area contributed by atoms with Crippen molar-refractivity contribution < 1.29 is 4.79 Å². The largest absolute Gasteiger partial charge is 0.316 e. The van der Waals surface area contributed by atoms with Crippen LogP contribution in [0.1, 0.15) is 36.2 Å². The molecular weight excluding hydrogens is 320 g/mol. The van der Waals surface area contributed by atoms with Crippen LogP contribution in [0.2, 0.25) is 0 Å². The fraction of sp³-hybridized carbons (Fsp3) is 0.304. The van der Waals surface area contributed by atoms with E-state index in [4.69, 9.17) is 0 Å². The van der Waals surface area contributed by atoms with E-state index < -0.39 is 0 Å². The Bertz CT molecular complexity index is 898. The third-order valence-electron chi connectivity index (χ3n) is 5.27. The first-order valence-electron chi connectivity index (χ1n) is 9.50. The first-order chi connectivity index (χ1) is 12.8. The van der Waals surface area contributed by atoms with Crippen LogP contribution in [-0.2, 0) is 0 Å². The lowest BCUT2D eigenvalue weighted by Gasteiger charge is -2.22. The SMILES string of the molecule is O=C(CCC1CCCNC1)c1cc(-c2ccccc2)c2ccccc2n1. The highest BCUT2D eigenvalue weighted by atomic mass is 16.1. The Hall–Kier alpha value is -2.52. The number of aromatic nitrogens is 1. The van der Waals surface area contributed by atoms with Gasteiger partial charge < -0.3 is 5.32 Å². The quantitative estimate of drug-likeness (QED) is 0.672. The van der Waals surface area contributed by atoms with Crippen molar-refractivity contribution in [2.75, 3.05) is 13.1 Å². The average Bonchev–Trinajstić information content (AvgIpc) is 2.72. The number of ketones is 1. The molecule has 132 valence electrons. The highest BCUT2D eigenvalue weighted by molar-refractivity contribution is 6.02. The minimum Gasteiger partial charge on any atom is -0.316 e. The summed E-state index contributed by atoms with van der Waals surface area (Å²) in [4.78, 5) is 17.5. The van der Waals surface area contributed by atoms with Crippen LogP contribution in [0.3, 0.4) is 0 Å². The Kier molecular flexibility index (Phi) is 5.07. The van der Waals surface area contributed by atoms with Crippen molar-refractivity contribution in [3.05, 3.63) is 66.4 Å². The molecule has 0 aliphatic carbocycles. The standard InChI is InChI=1S/C23H24N2O/c26-23(13-12-17-7-6-14-24-16-17)22-15-20(18-8-2-1-3-9-18)19-10-4-5-11-21(19)25-22/h1-5,8-11,15,17,24H,6-7,12-14,16H2. The second-order valence-electron chi connectivity index (χ2n) is 7.11. The molecule has 1 aliphatic rings. The number of carbonyl (C=O) groups excluding carboxylic acids is 1. The van der Waals surface area contributed by atoms with Gasteiger partial charge in [0.25, 0.3) is 0 Å². The first kappa shape index (κ1) is 16.9. The Labute approximate surface area is 154 Å². The zero-order chi connectivity index (χ0) is 17.8. The summed E-state index contributed by atoms with van der Waals surface area (Å²) in [7, 11) is 0. The van der Waals surface area contributed by atoms with Gasteiger partial charge in [0.2, 0.25) is 0 Å². The molecule has 1 aromatic heterocycles. The van der Waals surface area contributed by atoms with Gasteiger partial charge in [0, 0.05) is 11.8 Å². The van der Waals surface area contributed by atoms with Crippen molar-refractivity contribution in [1.29, 1.82) is 0 Å². The number of hydrogen-bond acceptors (Lipinski definition) is 3. The molecule has 1 aliphatic heterocycles. The Morgan fingerprint density at radius 2 is 1.88 bits per heavy atom. The molecule has 2 aromatic carbocycles. The number of hydrogen-bond donors (Lipinski definition) is 1. The summed E-state index contributed by atoms with van der Waals surface area (Å²) in [5.41, 5.74) is 3.68. The summed E-state index contributed by atoms with van der Waals surface area (Å²) < 4.78 is 0. The van der Waals surface area contributed by atoms with E-state index in [0.29, 0.717) is 18.0 Å². The van der Waals surface area contributed by atoms with E-state index >= 15 is 0 Å². The molecule has 3 aromatic rings. The van der Waals surface area contributed by atoms with Crippen molar-refractivity contribution in [2.24, 2.45) is 5.92 Å². The fourth-order valence-corrected chi connectivity index (χ4v) is 3.81. The number of pyridine rings is 1. The van der Waals surface area contributed by atoms with Crippen molar-refractivity contribution in [3.63, 3.8) is 0 Å². The minimum absolute atomic E-state index is 0.151. The van der Waals surface area contributed by atoms with Crippen LogP contribution < -0.4 is 5.32 Å². The molecule has 3 heteroatoms. The summed E-state index contributed by atoms with van der Waals surface area (Å²) in [6.45, 7) is 2.14. The number of Topliss-reactive ketones (excluding diaryl/α,β-unsaturated/α-hetero) is 1. The van der Waals surface area contributed by atoms with Gasteiger partial charge in [-0.15, -0.1) is 0 Å². The van der Waals surface area contributed by atoms with Crippen LogP contribution in [0.25, 0.3) is 22.0 Å². The molecule has 2 heterocycles. The molecule has 1 N–H and O–H groups in total. The van der Waals surface area contributed by atoms with Crippen LogP contribution in [-0.4, -0.2) is 23.9 Å².